The van der Waals surface area contributed by atoms with Gasteiger partial charge in [0.05, 0.1) is 6.61 Å². The molecule has 0 aliphatic carbocycles. The fourth-order valence-electron chi connectivity index (χ4n) is 5.93. The van der Waals surface area contributed by atoms with Crippen molar-refractivity contribution in [2.75, 3.05) is 19.7 Å². The van der Waals surface area contributed by atoms with E-state index in [1.54, 1.807) is 0 Å². The fourth-order valence-corrected chi connectivity index (χ4v) is 5.93. The average molecular weight is 510 g/mol. The standard InChI is InChI=1S/C25H25NO.C12H10/c1-3-7-19(8-4-1)16-26-17-22-13-14-27-25-15-21(20-9-5-2-6-10-20)11-12-23(25)24(22)18-26;1-3-7-11(8-4-1)12-9-5-2-6-10-12/h1-12,15,22,24H,13-14,16-18H2;1-10H/t22-,24-;/m0./s1. The van der Waals surface area contributed by atoms with E-state index in [2.05, 4.69) is 132 Å². The van der Waals surface area contributed by atoms with Gasteiger partial charge < -0.3 is 4.74 Å². The van der Waals surface area contributed by atoms with Crippen LogP contribution in [-0.4, -0.2) is 24.6 Å². The van der Waals surface area contributed by atoms with Crippen LogP contribution in [0.2, 0.25) is 0 Å². The summed E-state index contributed by atoms with van der Waals surface area (Å²) in [5.41, 5.74) is 7.85. The third-order valence-corrected chi connectivity index (χ3v) is 7.91. The monoisotopic (exact) mass is 509 g/mol. The Hall–Kier alpha value is -4.14. The highest BCUT2D eigenvalue weighted by Crippen LogP contribution is 2.43. The van der Waals surface area contributed by atoms with Gasteiger partial charge in [-0.15, -0.1) is 0 Å². The van der Waals surface area contributed by atoms with Gasteiger partial charge in [0.15, 0.2) is 0 Å². The average Bonchev–Trinajstić information content (AvgIpc) is 3.33. The Bertz CT molecular complexity index is 1410. The maximum Gasteiger partial charge on any atom is 0.123 e. The molecule has 5 aromatic carbocycles. The van der Waals surface area contributed by atoms with Crippen LogP contribution in [0.4, 0.5) is 0 Å². The van der Waals surface area contributed by atoms with Crippen LogP contribution in [0.3, 0.4) is 0 Å². The first-order valence-electron chi connectivity index (χ1n) is 14.0. The van der Waals surface area contributed by atoms with Gasteiger partial charge >= 0.3 is 0 Å². The molecule has 2 heterocycles. The molecule has 2 aliphatic heterocycles. The van der Waals surface area contributed by atoms with Crippen LogP contribution < -0.4 is 4.74 Å². The van der Waals surface area contributed by atoms with Gasteiger partial charge in [-0.05, 0) is 51.8 Å². The van der Waals surface area contributed by atoms with Crippen LogP contribution in [0.25, 0.3) is 22.3 Å². The molecule has 2 heteroatoms. The number of hydrogen-bond acceptors (Lipinski definition) is 2. The van der Waals surface area contributed by atoms with Gasteiger partial charge in [-0.3, -0.25) is 4.90 Å². The van der Waals surface area contributed by atoms with E-state index in [-0.39, 0.29) is 0 Å². The van der Waals surface area contributed by atoms with E-state index in [0.29, 0.717) is 11.8 Å². The van der Waals surface area contributed by atoms with Crippen molar-refractivity contribution < 1.29 is 4.74 Å². The first kappa shape index (κ1) is 25.2. The van der Waals surface area contributed by atoms with Gasteiger partial charge in [-0.2, -0.15) is 0 Å². The molecule has 39 heavy (non-hydrogen) atoms. The van der Waals surface area contributed by atoms with Crippen molar-refractivity contribution in [3.8, 4) is 28.0 Å². The molecule has 2 aliphatic rings. The van der Waals surface area contributed by atoms with E-state index in [9.17, 15) is 0 Å². The van der Waals surface area contributed by atoms with E-state index >= 15 is 0 Å². The Balaban J connectivity index is 0.000000193. The van der Waals surface area contributed by atoms with Crippen LogP contribution in [0.5, 0.6) is 5.75 Å². The third kappa shape index (κ3) is 6.13. The molecular weight excluding hydrogens is 474 g/mol. The number of likely N-dealkylation sites (tertiary alicyclic amines) is 1. The Morgan fingerprint density at radius 1 is 0.564 bits per heavy atom. The number of benzene rings is 5. The number of fused-ring (bicyclic) bond motifs is 3. The van der Waals surface area contributed by atoms with E-state index in [4.69, 9.17) is 4.74 Å². The van der Waals surface area contributed by atoms with Crippen molar-refractivity contribution in [3.63, 3.8) is 0 Å². The van der Waals surface area contributed by atoms with Crippen LogP contribution in [0.15, 0.2) is 140 Å². The van der Waals surface area contributed by atoms with Gasteiger partial charge in [0.2, 0.25) is 0 Å². The van der Waals surface area contributed by atoms with Crippen LogP contribution in [0.1, 0.15) is 23.5 Å². The van der Waals surface area contributed by atoms with Crippen molar-refractivity contribution in [1.82, 2.24) is 4.90 Å². The summed E-state index contributed by atoms with van der Waals surface area (Å²) in [6, 6.07) is 49.0. The molecule has 1 saturated heterocycles. The molecule has 0 bridgehead atoms. The Morgan fingerprint density at radius 2 is 1.10 bits per heavy atom. The topological polar surface area (TPSA) is 12.5 Å². The molecule has 0 spiro atoms. The minimum Gasteiger partial charge on any atom is -0.493 e. The molecule has 5 aromatic rings. The summed E-state index contributed by atoms with van der Waals surface area (Å²) in [6.45, 7) is 4.17. The maximum absolute atomic E-state index is 6.18. The van der Waals surface area contributed by atoms with Crippen molar-refractivity contribution in [2.45, 2.75) is 18.9 Å². The highest BCUT2D eigenvalue weighted by molar-refractivity contribution is 5.66. The zero-order valence-corrected chi connectivity index (χ0v) is 22.3. The van der Waals surface area contributed by atoms with Gasteiger partial charge in [-0.1, -0.05) is 133 Å². The first-order valence-corrected chi connectivity index (χ1v) is 14.0. The number of hydrogen-bond donors (Lipinski definition) is 0. The molecular formula is C37H35NO. The highest BCUT2D eigenvalue weighted by atomic mass is 16.5. The molecule has 7 rings (SSSR count). The maximum atomic E-state index is 6.18. The summed E-state index contributed by atoms with van der Waals surface area (Å²) >= 11 is 0. The molecule has 194 valence electrons. The predicted octanol–water partition coefficient (Wildman–Crippen LogP) is 8.71. The van der Waals surface area contributed by atoms with E-state index in [1.807, 2.05) is 12.1 Å². The van der Waals surface area contributed by atoms with Crippen molar-refractivity contribution >= 4 is 0 Å². The van der Waals surface area contributed by atoms with Crippen molar-refractivity contribution in [3.05, 3.63) is 151 Å². The lowest BCUT2D eigenvalue weighted by Gasteiger charge is -2.18. The Kier molecular flexibility index (Phi) is 7.84. The minimum atomic E-state index is 0.580. The van der Waals surface area contributed by atoms with Crippen LogP contribution in [0, 0.1) is 5.92 Å². The molecule has 0 amide bonds. The molecule has 0 aromatic heterocycles. The molecule has 0 saturated carbocycles. The van der Waals surface area contributed by atoms with E-state index in [0.717, 1.165) is 31.9 Å². The summed E-state index contributed by atoms with van der Waals surface area (Å²) in [7, 11) is 0. The van der Waals surface area contributed by atoms with E-state index < -0.39 is 0 Å². The summed E-state index contributed by atoms with van der Waals surface area (Å²) < 4.78 is 6.18. The summed E-state index contributed by atoms with van der Waals surface area (Å²) in [5, 5.41) is 0. The summed E-state index contributed by atoms with van der Waals surface area (Å²) in [4.78, 5) is 2.62. The quantitative estimate of drug-likeness (QED) is 0.240. The number of rotatable bonds is 4. The lowest BCUT2D eigenvalue weighted by molar-refractivity contribution is 0.271. The number of nitrogens with zero attached hydrogens (tertiary/aromatic N) is 1. The smallest absolute Gasteiger partial charge is 0.123 e. The molecule has 1 fully saturated rings. The molecule has 0 unspecified atom stereocenters. The molecule has 2 nitrogen and oxygen atoms in total. The molecule has 2 atom stereocenters. The lowest BCUT2D eigenvalue weighted by atomic mass is 9.86. The van der Waals surface area contributed by atoms with Crippen LogP contribution >= 0.6 is 0 Å². The van der Waals surface area contributed by atoms with Crippen molar-refractivity contribution in [2.24, 2.45) is 5.92 Å². The predicted molar refractivity (Wildman–Crippen MR) is 162 cm³/mol. The fraction of sp³-hybridized carbons (Fsp3) is 0.189. The van der Waals surface area contributed by atoms with E-state index in [1.165, 1.54) is 39.9 Å². The third-order valence-electron chi connectivity index (χ3n) is 7.91. The molecule has 0 radical (unpaired) electrons. The summed E-state index contributed by atoms with van der Waals surface area (Å²) in [6.07, 6.45) is 1.14. The minimum absolute atomic E-state index is 0.580. The van der Waals surface area contributed by atoms with Crippen LogP contribution in [-0.2, 0) is 6.54 Å². The van der Waals surface area contributed by atoms with Gasteiger partial charge in [0.1, 0.15) is 5.75 Å². The van der Waals surface area contributed by atoms with Gasteiger partial charge in [-0.25, -0.2) is 0 Å². The van der Waals surface area contributed by atoms with Gasteiger partial charge in [0.25, 0.3) is 0 Å². The Labute approximate surface area is 232 Å². The highest BCUT2D eigenvalue weighted by Gasteiger charge is 2.36. The summed E-state index contributed by atoms with van der Waals surface area (Å²) in [5.74, 6) is 2.36. The second-order valence-electron chi connectivity index (χ2n) is 10.5. The zero-order valence-electron chi connectivity index (χ0n) is 22.3. The zero-order chi connectivity index (χ0) is 26.3. The normalized spacial score (nSPS) is 18.1. The van der Waals surface area contributed by atoms with Gasteiger partial charge in [0, 0.05) is 25.6 Å². The second-order valence-corrected chi connectivity index (χ2v) is 10.5. The first-order chi connectivity index (χ1) is 19.3. The molecule has 0 N–H and O–H groups in total. The second kappa shape index (κ2) is 12.1. The number of ether oxygens (including phenoxy) is 1. The largest absolute Gasteiger partial charge is 0.493 e. The Morgan fingerprint density at radius 3 is 1.69 bits per heavy atom. The van der Waals surface area contributed by atoms with Crippen molar-refractivity contribution in [1.29, 1.82) is 0 Å². The SMILES string of the molecule is c1ccc(-c2ccccc2)cc1.c1ccc(CN2C[C@@H]3CCOc4cc(-c5ccccc5)ccc4[C@H]3C2)cc1. The lowest BCUT2D eigenvalue weighted by Crippen LogP contribution is -2.21.